The molecule has 0 atom stereocenters. The second kappa shape index (κ2) is 12.8. The summed E-state index contributed by atoms with van der Waals surface area (Å²) >= 11 is 0. The number of alkyl halides is 3. The van der Waals surface area contributed by atoms with E-state index in [4.69, 9.17) is 14.9 Å². The number of piperidine rings is 1. The molecular formula is C30H37F3N8O7. The maximum absolute atomic E-state index is 13.4. The van der Waals surface area contributed by atoms with Crippen LogP contribution in [-0.4, -0.2) is 85.2 Å². The zero-order valence-electron chi connectivity index (χ0n) is 27.2. The number of ether oxygens (including phenoxy) is 1. The van der Waals surface area contributed by atoms with Gasteiger partial charge in [0.25, 0.3) is 11.8 Å². The van der Waals surface area contributed by atoms with E-state index >= 15 is 0 Å². The van der Waals surface area contributed by atoms with Crippen molar-refractivity contribution in [3.8, 4) is 11.5 Å². The van der Waals surface area contributed by atoms with Gasteiger partial charge in [-0.05, 0) is 51.2 Å². The summed E-state index contributed by atoms with van der Waals surface area (Å²) in [4.78, 5) is 59.5. The third-order valence-electron chi connectivity index (χ3n) is 7.85. The Balaban J connectivity index is 1.61. The van der Waals surface area contributed by atoms with E-state index in [9.17, 15) is 37.5 Å². The number of carboxylic acid groups (broad SMARTS) is 1. The number of hydrogen-bond donors (Lipinski definition) is 3. The van der Waals surface area contributed by atoms with E-state index in [2.05, 4.69) is 20.4 Å². The van der Waals surface area contributed by atoms with Crippen LogP contribution in [0.25, 0.3) is 11.5 Å². The van der Waals surface area contributed by atoms with Gasteiger partial charge in [0.15, 0.2) is 11.4 Å². The fourth-order valence-corrected chi connectivity index (χ4v) is 5.39. The summed E-state index contributed by atoms with van der Waals surface area (Å²) < 4.78 is 52.2. The molecule has 1 aliphatic heterocycles. The molecule has 0 bridgehead atoms. The molecule has 4 N–H and O–H groups in total. The normalized spacial score (nSPS) is 15.1. The summed E-state index contributed by atoms with van der Waals surface area (Å²) in [6.07, 6.45) is -2.73. The number of rotatable bonds is 7. The van der Waals surface area contributed by atoms with Gasteiger partial charge in [0.1, 0.15) is 24.2 Å². The molecule has 0 radical (unpaired) electrons. The smallest absolute Gasteiger partial charge is 0.416 e. The molecule has 0 unspecified atom stereocenters. The second-order valence-electron chi connectivity index (χ2n) is 13.3. The highest BCUT2D eigenvalue weighted by atomic mass is 19.4. The molecule has 1 aliphatic rings. The minimum absolute atomic E-state index is 0.0207. The Hall–Kier alpha value is -5.16. The van der Waals surface area contributed by atoms with Gasteiger partial charge in [0.05, 0.1) is 17.4 Å². The van der Waals surface area contributed by atoms with Crippen LogP contribution in [0.4, 0.5) is 34.3 Å². The van der Waals surface area contributed by atoms with Crippen molar-refractivity contribution in [2.45, 2.75) is 71.7 Å². The quantitative estimate of drug-likeness (QED) is 0.302. The van der Waals surface area contributed by atoms with E-state index in [0.29, 0.717) is 17.7 Å². The number of primary amides is 1. The summed E-state index contributed by atoms with van der Waals surface area (Å²) in [6, 6.07) is 2.48. The molecule has 0 spiro atoms. The number of carbonyl (C=O) groups excluding carboxylic acids is 3. The van der Waals surface area contributed by atoms with Gasteiger partial charge < -0.3 is 30.2 Å². The largest absolute Gasteiger partial charge is 0.465 e. The first kappa shape index (κ1) is 35.7. The highest BCUT2D eigenvalue weighted by molar-refractivity contribution is 6.07. The van der Waals surface area contributed by atoms with E-state index in [-0.39, 0.29) is 41.6 Å². The van der Waals surface area contributed by atoms with Gasteiger partial charge in [0.2, 0.25) is 5.89 Å². The average molecular weight is 679 g/mol. The maximum Gasteiger partial charge on any atom is 0.416 e. The number of oxazole rings is 1. The number of halogens is 3. The highest BCUT2D eigenvalue weighted by Gasteiger charge is 2.48. The topological polar surface area (TPSA) is 199 Å². The van der Waals surface area contributed by atoms with Crippen LogP contribution < -0.4 is 16.0 Å². The molecule has 260 valence electrons. The van der Waals surface area contributed by atoms with Crippen molar-refractivity contribution in [3.63, 3.8) is 0 Å². The van der Waals surface area contributed by atoms with Gasteiger partial charge in [-0.15, -0.1) is 0 Å². The summed E-state index contributed by atoms with van der Waals surface area (Å²) in [5, 5.41) is 16.4. The van der Waals surface area contributed by atoms with Crippen molar-refractivity contribution in [1.82, 2.24) is 24.6 Å². The van der Waals surface area contributed by atoms with Gasteiger partial charge in [-0.2, -0.15) is 18.3 Å². The fourth-order valence-electron chi connectivity index (χ4n) is 5.39. The van der Waals surface area contributed by atoms with Crippen LogP contribution in [0.5, 0.6) is 0 Å². The van der Waals surface area contributed by atoms with Crippen LogP contribution in [0.15, 0.2) is 35.2 Å². The highest BCUT2D eigenvalue weighted by Crippen LogP contribution is 2.45. The third-order valence-corrected chi connectivity index (χ3v) is 7.85. The predicted octanol–water partition coefficient (Wildman–Crippen LogP) is 5.10. The molecule has 1 fully saturated rings. The van der Waals surface area contributed by atoms with E-state index < -0.39 is 59.1 Å². The molecule has 3 aromatic rings. The van der Waals surface area contributed by atoms with E-state index in [1.54, 1.807) is 4.68 Å². The summed E-state index contributed by atoms with van der Waals surface area (Å²) in [6.45, 7) is 9.18. The molecule has 4 rings (SSSR count). The lowest BCUT2D eigenvalue weighted by Gasteiger charge is -2.49. The Labute approximate surface area is 273 Å². The van der Waals surface area contributed by atoms with Crippen LogP contribution in [0.2, 0.25) is 0 Å². The van der Waals surface area contributed by atoms with Gasteiger partial charge >= 0.3 is 18.4 Å². The second-order valence-corrected chi connectivity index (χ2v) is 13.3. The Bertz CT molecular complexity index is 1700. The monoisotopic (exact) mass is 678 g/mol. The molecule has 4 amide bonds. The van der Waals surface area contributed by atoms with Crippen LogP contribution in [0, 0.1) is 5.41 Å². The molecule has 0 aliphatic carbocycles. The molecular weight excluding hydrogens is 641 g/mol. The molecule has 3 aromatic heterocycles. The maximum atomic E-state index is 13.4. The summed E-state index contributed by atoms with van der Waals surface area (Å²) in [5.74, 6) is -2.32. The lowest BCUT2D eigenvalue weighted by atomic mass is 9.68. The average Bonchev–Trinajstić information content (AvgIpc) is 3.62. The SMILES string of the molecule is CC(C)(C)OC(=O)N(CC(F)(F)F)c1cc(-c2nc(C(=O)Nc3cn(C4(C(C)(C)C)CCN(C(=O)O)CC4)nc3C(N)=O)co2)ccn1. The van der Waals surface area contributed by atoms with Gasteiger partial charge in [-0.25, -0.2) is 19.6 Å². The zero-order chi connectivity index (χ0) is 35.8. The molecule has 18 heteroatoms. The number of nitrogens with two attached hydrogens (primary N) is 1. The lowest BCUT2D eigenvalue weighted by molar-refractivity contribution is -0.119. The van der Waals surface area contributed by atoms with Crippen molar-refractivity contribution in [2.24, 2.45) is 11.1 Å². The number of anilines is 2. The van der Waals surface area contributed by atoms with Gasteiger partial charge in [0, 0.05) is 24.8 Å². The lowest BCUT2D eigenvalue weighted by Crippen LogP contribution is -2.54. The number of nitrogens with zero attached hydrogens (tertiary/aromatic N) is 6. The number of likely N-dealkylation sites (tertiary alicyclic amines) is 1. The number of carbonyl (C=O) groups is 4. The molecule has 48 heavy (non-hydrogen) atoms. The molecule has 4 heterocycles. The third kappa shape index (κ3) is 7.86. The van der Waals surface area contributed by atoms with Crippen molar-refractivity contribution in [2.75, 3.05) is 29.9 Å². The minimum atomic E-state index is -4.78. The molecule has 0 aromatic carbocycles. The van der Waals surface area contributed by atoms with Crippen LogP contribution in [-0.2, 0) is 10.3 Å². The van der Waals surface area contributed by atoms with E-state index in [0.717, 1.165) is 18.5 Å². The van der Waals surface area contributed by atoms with E-state index in [1.807, 2.05) is 20.8 Å². The number of pyridine rings is 1. The number of nitrogens with one attached hydrogen (secondary N) is 1. The Morgan fingerprint density at radius 3 is 2.31 bits per heavy atom. The number of amides is 4. The number of hydrogen-bond acceptors (Lipinski definition) is 9. The van der Waals surface area contributed by atoms with Crippen molar-refractivity contribution >= 4 is 35.5 Å². The first-order chi connectivity index (χ1) is 22.1. The molecule has 0 saturated carbocycles. The van der Waals surface area contributed by atoms with Crippen molar-refractivity contribution in [1.29, 1.82) is 0 Å². The Morgan fingerprint density at radius 2 is 1.77 bits per heavy atom. The van der Waals surface area contributed by atoms with Crippen molar-refractivity contribution < 1.29 is 46.6 Å². The first-order valence-corrected chi connectivity index (χ1v) is 14.8. The first-order valence-electron chi connectivity index (χ1n) is 14.8. The van der Waals surface area contributed by atoms with Gasteiger partial charge in [-0.1, -0.05) is 20.8 Å². The number of aromatic nitrogens is 4. The van der Waals surface area contributed by atoms with Crippen LogP contribution in [0.3, 0.4) is 0 Å². The van der Waals surface area contributed by atoms with Crippen LogP contribution >= 0.6 is 0 Å². The summed E-state index contributed by atoms with van der Waals surface area (Å²) in [7, 11) is 0. The summed E-state index contributed by atoms with van der Waals surface area (Å²) in [5.41, 5.74) is 2.91. The van der Waals surface area contributed by atoms with Gasteiger partial charge in [-0.3, -0.25) is 19.2 Å². The Kier molecular flexibility index (Phi) is 9.52. The standard InChI is InChI=1S/C30H37F3N8O7/c1-27(2,3)29(8-11-39(12-9-29)25(44)45)41-14-18(21(38-41)22(34)42)36-23(43)19-15-47-24(37-19)17-7-10-35-20(13-17)40(16-30(31,32)33)26(46)48-28(4,5)6/h7,10,13-15H,8-9,11-12,16H2,1-6H3,(H2,34,42)(H,36,43)(H,44,45). The zero-order valence-corrected chi connectivity index (χ0v) is 27.2. The molecule has 15 nitrogen and oxygen atoms in total. The van der Waals surface area contributed by atoms with Crippen molar-refractivity contribution in [3.05, 3.63) is 42.2 Å². The van der Waals surface area contributed by atoms with E-state index in [1.165, 1.54) is 37.9 Å². The predicted molar refractivity (Wildman–Crippen MR) is 164 cm³/mol. The van der Waals surface area contributed by atoms with Crippen LogP contribution in [0.1, 0.15) is 75.4 Å². The fraction of sp³-hybridized carbons (Fsp3) is 0.500. The molecule has 1 saturated heterocycles. The Morgan fingerprint density at radius 1 is 1.12 bits per heavy atom. The minimum Gasteiger partial charge on any atom is -0.465 e.